The van der Waals surface area contributed by atoms with Crippen LogP contribution in [0.4, 0.5) is 5.69 Å². The van der Waals surface area contributed by atoms with Gasteiger partial charge < -0.3 is 11.1 Å². The Bertz CT molecular complexity index is 1030. The lowest BCUT2D eigenvalue weighted by atomic mass is 10.1. The predicted octanol–water partition coefficient (Wildman–Crippen LogP) is 2.03. The zero-order valence-electron chi connectivity index (χ0n) is 16.6. The van der Waals surface area contributed by atoms with Crippen LogP contribution in [0, 0.1) is 0 Å². The summed E-state index contributed by atoms with van der Waals surface area (Å²) in [5, 5.41) is 11.0. The summed E-state index contributed by atoms with van der Waals surface area (Å²) in [5.74, 6) is -0.626. The van der Waals surface area contributed by atoms with Gasteiger partial charge in [0.15, 0.2) is 5.69 Å². The molecule has 1 fully saturated rings. The Hall–Kier alpha value is -3.52. The fourth-order valence-electron chi connectivity index (χ4n) is 3.77. The first kappa shape index (κ1) is 19.8. The van der Waals surface area contributed by atoms with Gasteiger partial charge in [-0.25, -0.2) is 4.68 Å². The maximum absolute atomic E-state index is 12.7. The first-order chi connectivity index (χ1) is 14.6. The molecule has 1 aliphatic rings. The van der Waals surface area contributed by atoms with Crippen molar-refractivity contribution in [2.45, 2.75) is 32.0 Å². The molecule has 2 heterocycles. The van der Waals surface area contributed by atoms with E-state index in [1.807, 2.05) is 54.6 Å². The van der Waals surface area contributed by atoms with Gasteiger partial charge in [-0.15, -0.1) is 5.10 Å². The van der Waals surface area contributed by atoms with Gasteiger partial charge in [0.25, 0.3) is 5.91 Å². The molecule has 0 radical (unpaired) electrons. The molecule has 4 rings (SSSR count). The standard InChI is InChI=1S/C22H24N6O2/c23-21(29)20-11-6-12-27(20)14-17-9-4-5-10-18(17)24-22(30)19-15-28(26-25-19)13-16-7-2-1-3-8-16/h1-5,7-10,15,20H,6,11-14H2,(H2,23,29)(H,24,30). The van der Waals surface area contributed by atoms with Gasteiger partial charge in [0.2, 0.25) is 5.91 Å². The Kier molecular flexibility index (Phi) is 5.85. The number of primary amides is 1. The van der Waals surface area contributed by atoms with Crippen LogP contribution in [-0.2, 0) is 17.9 Å². The lowest BCUT2D eigenvalue weighted by molar-refractivity contribution is -0.122. The highest BCUT2D eigenvalue weighted by Crippen LogP contribution is 2.24. The number of aromatic nitrogens is 3. The molecule has 3 aromatic rings. The summed E-state index contributed by atoms with van der Waals surface area (Å²) in [6.45, 7) is 1.90. The molecule has 1 aliphatic heterocycles. The number of rotatable bonds is 7. The number of hydrogen-bond donors (Lipinski definition) is 2. The van der Waals surface area contributed by atoms with Crippen LogP contribution in [0.3, 0.4) is 0 Å². The number of nitrogens with two attached hydrogens (primary N) is 1. The Balaban J connectivity index is 1.44. The third kappa shape index (κ3) is 4.55. The molecule has 2 amide bonds. The second-order valence-corrected chi connectivity index (χ2v) is 7.43. The van der Waals surface area contributed by atoms with Crippen LogP contribution < -0.4 is 11.1 Å². The van der Waals surface area contributed by atoms with Crippen molar-refractivity contribution in [3.8, 4) is 0 Å². The average Bonchev–Trinajstić information content (AvgIpc) is 3.40. The molecule has 0 aliphatic carbocycles. The van der Waals surface area contributed by atoms with Crippen molar-refractivity contribution in [2.75, 3.05) is 11.9 Å². The minimum absolute atomic E-state index is 0.247. The van der Waals surface area contributed by atoms with Crippen molar-refractivity contribution in [3.05, 3.63) is 77.6 Å². The summed E-state index contributed by atoms with van der Waals surface area (Å²) in [5.41, 5.74) is 8.47. The molecule has 30 heavy (non-hydrogen) atoms. The average molecular weight is 404 g/mol. The molecule has 1 atom stereocenters. The van der Waals surface area contributed by atoms with E-state index in [4.69, 9.17) is 5.73 Å². The SMILES string of the molecule is NC(=O)C1CCCN1Cc1ccccc1NC(=O)c1cn(Cc2ccccc2)nn1. The largest absolute Gasteiger partial charge is 0.368 e. The second-order valence-electron chi connectivity index (χ2n) is 7.43. The van der Waals surface area contributed by atoms with Gasteiger partial charge in [-0.05, 0) is 36.6 Å². The number of nitrogens with one attached hydrogen (secondary N) is 1. The normalized spacial score (nSPS) is 16.5. The van der Waals surface area contributed by atoms with E-state index >= 15 is 0 Å². The molecule has 3 N–H and O–H groups in total. The number of amides is 2. The molecule has 8 heteroatoms. The van der Waals surface area contributed by atoms with E-state index < -0.39 is 0 Å². The van der Waals surface area contributed by atoms with E-state index in [1.165, 1.54) is 0 Å². The Labute approximate surface area is 174 Å². The highest BCUT2D eigenvalue weighted by Gasteiger charge is 2.29. The third-order valence-corrected chi connectivity index (χ3v) is 5.29. The summed E-state index contributed by atoms with van der Waals surface area (Å²) >= 11 is 0. The fourth-order valence-corrected chi connectivity index (χ4v) is 3.77. The quantitative estimate of drug-likeness (QED) is 0.627. The Morgan fingerprint density at radius 1 is 1.07 bits per heavy atom. The topological polar surface area (TPSA) is 106 Å². The number of likely N-dealkylation sites (tertiary alicyclic amines) is 1. The number of nitrogens with zero attached hydrogens (tertiary/aromatic N) is 4. The van der Waals surface area contributed by atoms with Crippen molar-refractivity contribution in [1.82, 2.24) is 19.9 Å². The number of benzene rings is 2. The van der Waals surface area contributed by atoms with E-state index in [-0.39, 0.29) is 23.6 Å². The highest BCUT2D eigenvalue weighted by atomic mass is 16.2. The number of hydrogen-bond acceptors (Lipinski definition) is 5. The predicted molar refractivity (Wildman–Crippen MR) is 113 cm³/mol. The second kappa shape index (κ2) is 8.87. The Morgan fingerprint density at radius 2 is 1.83 bits per heavy atom. The number of carbonyl (C=O) groups is 2. The smallest absolute Gasteiger partial charge is 0.277 e. The molecule has 0 bridgehead atoms. The first-order valence-corrected chi connectivity index (χ1v) is 9.97. The van der Waals surface area contributed by atoms with Crippen molar-refractivity contribution in [2.24, 2.45) is 5.73 Å². The molecule has 154 valence electrons. The van der Waals surface area contributed by atoms with E-state index in [0.29, 0.717) is 18.8 Å². The maximum atomic E-state index is 12.7. The fraction of sp³-hybridized carbons (Fsp3) is 0.273. The molecule has 1 unspecified atom stereocenters. The van der Waals surface area contributed by atoms with Crippen molar-refractivity contribution >= 4 is 17.5 Å². The molecular weight excluding hydrogens is 380 g/mol. The van der Waals surface area contributed by atoms with Crippen LogP contribution in [0.5, 0.6) is 0 Å². The molecule has 8 nitrogen and oxygen atoms in total. The van der Waals surface area contributed by atoms with Gasteiger partial charge >= 0.3 is 0 Å². The summed E-state index contributed by atoms with van der Waals surface area (Å²) in [7, 11) is 0. The first-order valence-electron chi connectivity index (χ1n) is 9.97. The van der Waals surface area contributed by atoms with Gasteiger partial charge in [0, 0.05) is 12.2 Å². The van der Waals surface area contributed by atoms with Crippen LogP contribution in [0.1, 0.15) is 34.5 Å². The van der Waals surface area contributed by atoms with Crippen LogP contribution in [0.25, 0.3) is 0 Å². The van der Waals surface area contributed by atoms with E-state index in [0.717, 1.165) is 30.5 Å². The summed E-state index contributed by atoms with van der Waals surface area (Å²) in [6.07, 6.45) is 3.34. The maximum Gasteiger partial charge on any atom is 0.277 e. The molecular formula is C22H24N6O2. The zero-order chi connectivity index (χ0) is 20.9. The molecule has 2 aromatic carbocycles. The lowest BCUT2D eigenvalue weighted by Crippen LogP contribution is -2.39. The van der Waals surface area contributed by atoms with E-state index in [2.05, 4.69) is 20.5 Å². The van der Waals surface area contributed by atoms with Crippen molar-refractivity contribution in [1.29, 1.82) is 0 Å². The minimum Gasteiger partial charge on any atom is -0.368 e. The lowest BCUT2D eigenvalue weighted by Gasteiger charge is -2.23. The summed E-state index contributed by atoms with van der Waals surface area (Å²) in [4.78, 5) is 26.5. The van der Waals surface area contributed by atoms with Gasteiger partial charge in [-0.2, -0.15) is 0 Å². The van der Waals surface area contributed by atoms with Gasteiger partial charge in [-0.3, -0.25) is 14.5 Å². The van der Waals surface area contributed by atoms with Crippen LogP contribution in [0.15, 0.2) is 60.8 Å². The third-order valence-electron chi connectivity index (χ3n) is 5.29. The van der Waals surface area contributed by atoms with Gasteiger partial charge in [0.1, 0.15) is 0 Å². The molecule has 1 saturated heterocycles. The number of carbonyl (C=O) groups excluding carboxylic acids is 2. The summed E-state index contributed by atoms with van der Waals surface area (Å²) < 4.78 is 1.64. The number of para-hydroxylation sites is 1. The number of anilines is 1. The summed E-state index contributed by atoms with van der Waals surface area (Å²) in [6, 6.07) is 17.2. The van der Waals surface area contributed by atoms with Crippen LogP contribution >= 0.6 is 0 Å². The molecule has 1 aromatic heterocycles. The highest BCUT2D eigenvalue weighted by molar-refractivity contribution is 6.03. The van der Waals surface area contributed by atoms with Crippen molar-refractivity contribution < 1.29 is 9.59 Å². The van der Waals surface area contributed by atoms with Crippen LogP contribution in [-0.4, -0.2) is 44.3 Å². The van der Waals surface area contributed by atoms with Gasteiger partial charge in [-0.1, -0.05) is 53.7 Å². The zero-order valence-corrected chi connectivity index (χ0v) is 16.6. The van der Waals surface area contributed by atoms with E-state index in [9.17, 15) is 9.59 Å². The monoisotopic (exact) mass is 404 g/mol. The molecule has 0 spiro atoms. The molecule has 0 saturated carbocycles. The van der Waals surface area contributed by atoms with Crippen molar-refractivity contribution in [3.63, 3.8) is 0 Å². The minimum atomic E-state index is -0.324. The Morgan fingerprint density at radius 3 is 2.63 bits per heavy atom. The van der Waals surface area contributed by atoms with Gasteiger partial charge in [0.05, 0.1) is 18.8 Å². The van der Waals surface area contributed by atoms with E-state index in [1.54, 1.807) is 10.9 Å². The van der Waals surface area contributed by atoms with Crippen LogP contribution in [0.2, 0.25) is 0 Å².